The SMILES string of the molecule is Cc1ccnc2c3[c-]cccc3c3ccccc3c12.O=C(O)c1ccccn1.[Ir]. The number of pyridine rings is 2. The summed E-state index contributed by atoms with van der Waals surface area (Å²) < 4.78 is 0. The molecule has 0 amide bonds. The predicted molar refractivity (Wildman–Crippen MR) is 112 cm³/mol. The van der Waals surface area contributed by atoms with Crippen LogP contribution in [-0.2, 0) is 20.1 Å². The third-order valence-electron chi connectivity index (χ3n) is 4.62. The molecule has 145 valence electrons. The van der Waals surface area contributed by atoms with E-state index in [-0.39, 0.29) is 25.8 Å². The van der Waals surface area contributed by atoms with Crippen LogP contribution in [0.2, 0.25) is 0 Å². The van der Waals surface area contributed by atoms with Crippen LogP contribution in [0.5, 0.6) is 0 Å². The molecule has 0 spiro atoms. The van der Waals surface area contributed by atoms with Crippen molar-refractivity contribution in [2.45, 2.75) is 6.92 Å². The van der Waals surface area contributed by atoms with Crippen LogP contribution in [0.3, 0.4) is 0 Å². The summed E-state index contributed by atoms with van der Waals surface area (Å²) in [6.45, 7) is 2.14. The maximum absolute atomic E-state index is 10.1. The zero-order valence-electron chi connectivity index (χ0n) is 15.6. The largest absolute Gasteiger partial charge is 0.477 e. The standard InChI is InChI=1S/C18H12N.C6H5NO2.Ir/c1-12-10-11-19-18-16-9-5-3-7-14(16)13-6-2-4-8-15(13)17(12)18;8-6(9)5-3-1-2-4-7-5;/h2-8,10-11H,1H3;1-4H,(H,8,9);/q-1;;. The Kier molecular flexibility index (Phi) is 6.32. The van der Waals surface area contributed by atoms with Crippen molar-refractivity contribution in [2.24, 2.45) is 0 Å². The van der Waals surface area contributed by atoms with Crippen LogP contribution in [0.4, 0.5) is 0 Å². The number of nitrogens with zero attached hydrogens (tertiary/aromatic N) is 2. The minimum atomic E-state index is -0.990. The molecular weight excluding hydrogens is 540 g/mol. The Bertz CT molecular complexity index is 1260. The van der Waals surface area contributed by atoms with E-state index >= 15 is 0 Å². The first-order valence-corrected chi connectivity index (χ1v) is 8.87. The molecule has 29 heavy (non-hydrogen) atoms. The van der Waals surface area contributed by atoms with Crippen molar-refractivity contribution in [1.82, 2.24) is 9.97 Å². The van der Waals surface area contributed by atoms with Crippen LogP contribution in [0.1, 0.15) is 16.1 Å². The molecule has 0 aliphatic carbocycles. The van der Waals surface area contributed by atoms with Crippen molar-refractivity contribution in [2.75, 3.05) is 0 Å². The molecule has 4 nitrogen and oxygen atoms in total. The molecule has 0 aliphatic rings. The van der Waals surface area contributed by atoms with Crippen LogP contribution < -0.4 is 0 Å². The Labute approximate surface area is 181 Å². The van der Waals surface area contributed by atoms with Gasteiger partial charge in [0.25, 0.3) is 0 Å². The summed E-state index contributed by atoms with van der Waals surface area (Å²) in [5.74, 6) is -0.990. The van der Waals surface area contributed by atoms with Gasteiger partial charge < -0.3 is 10.1 Å². The van der Waals surface area contributed by atoms with Gasteiger partial charge in [-0.15, -0.1) is 29.7 Å². The second-order valence-electron chi connectivity index (χ2n) is 6.38. The predicted octanol–water partition coefficient (Wildman–Crippen LogP) is 5.43. The van der Waals surface area contributed by atoms with Crippen LogP contribution in [0.15, 0.2) is 79.1 Å². The summed E-state index contributed by atoms with van der Waals surface area (Å²) in [5.41, 5.74) is 2.40. The van der Waals surface area contributed by atoms with Crippen molar-refractivity contribution in [3.63, 3.8) is 0 Å². The Morgan fingerprint density at radius 1 is 0.862 bits per heavy atom. The van der Waals surface area contributed by atoms with Gasteiger partial charge in [-0.3, -0.25) is 0 Å². The van der Waals surface area contributed by atoms with Gasteiger partial charge in [-0.2, -0.15) is 0 Å². The van der Waals surface area contributed by atoms with Gasteiger partial charge in [0.05, 0.1) is 0 Å². The van der Waals surface area contributed by atoms with Gasteiger partial charge in [0.2, 0.25) is 0 Å². The van der Waals surface area contributed by atoms with Gasteiger partial charge in [0.1, 0.15) is 5.69 Å². The number of aromatic carboxylic acids is 1. The molecule has 1 N–H and O–H groups in total. The van der Waals surface area contributed by atoms with Gasteiger partial charge in [-0.25, -0.2) is 9.78 Å². The Balaban J connectivity index is 0.000000205. The molecule has 0 fully saturated rings. The number of aromatic nitrogens is 2. The third-order valence-corrected chi connectivity index (χ3v) is 4.62. The number of rotatable bonds is 1. The summed E-state index contributed by atoms with van der Waals surface area (Å²) in [5, 5.41) is 14.5. The summed E-state index contributed by atoms with van der Waals surface area (Å²) in [6, 6.07) is 24.9. The van der Waals surface area contributed by atoms with E-state index in [1.54, 1.807) is 12.1 Å². The quantitative estimate of drug-likeness (QED) is 0.221. The number of aryl methyl sites for hydroxylation is 1. The summed E-state index contributed by atoms with van der Waals surface area (Å²) in [6.07, 6.45) is 3.33. The average Bonchev–Trinajstić information content (AvgIpc) is 2.75. The zero-order valence-corrected chi connectivity index (χ0v) is 18.0. The van der Waals surface area contributed by atoms with Crippen molar-refractivity contribution in [3.05, 3.63) is 96.4 Å². The summed E-state index contributed by atoms with van der Waals surface area (Å²) >= 11 is 0. The van der Waals surface area contributed by atoms with Gasteiger partial charge in [-0.1, -0.05) is 41.1 Å². The van der Waals surface area contributed by atoms with Gasteiger partial charge in [0.15, 0.2) is 0 Å². The van der Waals surface area contributed by atoms with E-state index in [0.29, 0.717) is 0 Å². The van der Waals surface area contributed by atoms with E-state index in [9.17, 15) is 4.79 Å². The third kappa shape index (κ3) is 4.02. The number of benzene rings is 3. The molecule has 5 heteroatoms. The molecule has 5 aromatic rings. The first kappa shape index (κ1) is 20.6. The van der Waals surface area contributed by atoms with Gasteiger partial charge in [-0.05, 0) is 47.0 Å². The van der Waals surface area contributed by atoms with E-state index in [0.717, 1.165) is 10.9 Å². The number of carboxylic acid groups (broad SMARTS) is 1. The molecule has 0 bridgehead atoms. The molecular formula is C24H17IrN2O2-. The fourth-order valence-corrected chi connectivity index (χ4v) is 3.37. The second kappa shape index (κ2) is 8.91. The summed E-state index contributed by atoms with van der Waals surface area (Å²) in [4.78, 5) is 18.3. The topological polar surface area (TPSA) is 63.1 Å². The van der Waals surface area contributed by atoms with Crippen molar-refractivity contribution >= 4 is 38.4 Å². The Hall–Kier alpha value is -3.14. The minimum absolute atomic E-state index is 0. The fraction of sp³-hybridized carbons (Fsp3) is 0.0417. The summed E-state index contributed by atoms with van der Waals surface area (Å²) in [7, 11) is 0. The molecule has 0 saturated heterocycles. The van der Waals surface area contributed by atoms with E-state index < -0.39 is 5.97 Å². The Morgan fingerprint density at radius 2 is 1.59 bits per heavy atom. The van der Waals surface area contributed by atoms with E-state index in [2.05, 4.69) is 59.4 Å². The smallest absolute Gasteiger partial charge is 0.354 e. The number of carboxylic acids is 1. The van der Waals surface area contributed by atoms with Gasteiger partial charge in [0, 0.05) is 32.5 Å². The monoisotopic (exact) mass is 558 g/mol. The molecule has 0 unspecified atom stereocenters. The van der Waals surface area contributed by atoms with Crippen molar-refractivity contribution in [1.29, 1.82) is 0 Å². The number of hydrogen-bond acceptors (Lipinski definition) is 3. The van der Waals surface area contributed by atoms with Crippen molar-refractivity contribution < 1.29 is 30.0 Å². The molecule has 3 aromatic carbocycles. The molecule has 0 saturated carbocycles. The number of fused-ring (bicyclic) bond motifs is 6. The second-order valence-corrected chi connectivity index (χ2v) is 6.38. The average molecular weight is 558 g/mol. The van der Waals surface area contributed by atoms with Gasteiger partial charge >= 0.3 is 5.97 Å². The minimum Gasteiger partial charge on any atom is -0.477 e. The Morgan fingerprint density at radius 3 is 2.28 bits per heavy atom. The van der Waals surface area contributed by atoms with Crippen LogP contribution in [-0.4, -0.2) is 21.0 Å². The number of carbonyl (C=O) groups is 1. The molecule has 0 atom stereocenters. The fourth-order valence-electron chi connectivity index (χ4n) is 3.37. The first-order chi connectivity index (χ1) is 13.7. The van der Waals surface area contributed by atoms with E-state index in [1.165, 1.54) is 39.4 Å². The molecule has 0 aliphatic heterocycles. The maximum atomic E-state index is 10.1. The first-order valence-electron chi connectivity index (χ1n) is 8.87. The van der Waals surface area contributed by atoms with Crippen LogP contribution in [0.25, 0.3) is 32.4 Å². The zero-order chi connectivity index (χ0) is 19.5. The normalized spacial score (nSPS) is 10.2. The van der Waals surface area contributed by atoms with Crippen molar-refractivity contribution in [3.8, 4) is 0 Å². The molecule has 1 radical (unpaired) electrons. The molecule has 5 rings (SSSR count). The maximum Gasteiger partial charge on any atom is 0.354 e. The molecule has 2 heterocycles. The number of hydrogen-bond donors (Lipinski definition) is 1. The van der Waals surface area contributed by atoms with E-state index in [4.69, 9.17) is 5.11 Å². The molecule has 2 aromatic heterocycles. The van der Waals surface area contributed by atoms with Crippen LogP contribution >= 0.6 is 0 Å². The van der Waals surface area contributed by atoms with Crippen LogP contribution in [0, 0.1) is 13.0 Å². The van der Waals surface area contributed by atoms with E-state index in [1.807, 2.05) is 18.3 Å².